The van der Waals surface area contributed by atoms with Crippen LogP contribution in [-0.2, 0) is 0 Å². The smallest absolute Gasteiger partial charge is 0.119 e. The molecule has 18 heavy (non-hydrogen) atoms. The van der Waals surface area contributed by atoms with Gasteiger partial charge in [0.1, 0.15) is 5.75 Å². The number of hydrogen-bond donors (Lipinski definition) is 2. The van der Waals surface area contributed by atoms with Crippen molar-refractivity contribution in [3.05, 3.63) is 30.3 Å². The maximum atomic E-state index is 9.62. The highest BCUT2D eigenvalue weighted by Gasteiger charge is 2.03. The van der Waals surface area contributed by atoms with Crippen LogP contribution in [0.3, 0.4) is 0 Å². The fourth-order valence-electron chi connectivity index (χ4n) is 1.66. The average molecular weight is 252 g/mol. The second-order valence-corrected chi connectivity index (χ2v) is 4.64. The van der Waals surface area contributed by atoms with Crippen LogP contribution in [0.2, 0.25) is 0 Å². The second kappa shape index (κ2) is 8.91. The van der Waals surface area contributed by atoms with Crippen LogP contribution >= 0.6 is 0 Å². The van der Waals surface area contributed by atoms with Gasteiger partial charge in [-0.15, -0.1) is 0 Å². The van der Waals surface area contributed by atoms with Crippen LogP contribution < -0.4 is 10.1 Å². The summed E-state index contributed by atoms with van der Waals surface area (Å²) in [5.74, 6) is 0.908. The maximum absolute atomic E-state index is 9.62. The van der Waals surface area contributed by atoms with Crippen LogP contribution in [0.4, 0.5) is 0 Å². The van der Waals surface area contributed by atoms with Crippen molar-refractivity contribution in [2.24, 2.45) is 0 Å². The highest BCUT2D eigenvalue weighted by Crippen LogP contribution is 2.07. The lowest BCUT2D eigenvalue weighted by atomic mass is 10.3. The molecule has 0 aliphatic carbocycles. The fraction of sp³-hybridized carbons (Fsp3) is 0.571. The number of aliphatic hydroxyl groups excluding tert-OH is 1. The minimum atomic E-state index is -0.310. The van der Waals surface area contributed by atoms with E-state index in [-0.39, 0.29) is 6.10 Å². The Morgan fingerprint density at radius 1 is 1.28 bits per heavy atom. The molecule has 0 aromatic heterocycles. The third kappa shape index (κ3) is 7.27. The van der Waals surface area contributed by atoms with Crippen LogP contribution in [0.5, 0.6) is 5.75 Å². The summed E-state index contributed by atoms with van der Waals surface area (Å²) in [6.07, 6.45) is 0.624. The van der Waals surface area contributed by atoms with Crippen molar-refractivity contribution < 1.29 is 9.84 Å². The van der Waals surface area contributed by atoms with Gasteiger partial charge in [0.2, 0.25) is 0 Å². The van der Waals surface area contributed by atoms with Crippen molar-refractivity contribution in [2.75, 3.05) is 40.3 Å². The summed E-state index contributed by atoms with van der Waals surface area (Å²) in [5.41, 5.74) is 0. The molecule has 2 N–H and O–H groups in total. The highest BCUT2D eigenvalue weighted by molar-refractivity contribution is 5.20. The van der Waals surface area contributed by atoms with Gasteiger partial charge in [-0.2, -0.15) is 0 Å². The maximum Gasteiger partial charge on any atom is 0.119 e. The van der Waals surface area contributed by atoms with Crippen molar-refractivity contribution in [3.63, 3.8) is 0 Å². The number of ether oxygens (including phenoxy) is 1. The molecular weight excluding hydrogens is 228 g/mol. The first-order valence-corrected chi connectivity index (χ1v) is 6.40. The largest absolute Gasteiger partial charge is 0.494 e. The molecule has 0 bridgehead atoms. The zero-order valence-electron chi connectivity index (χ0n) is 11.3. The van der Waals surface area contributed by atoms with Gasteiger partial charge >= 0.3 is 0 Å². The Hall–Kier alpha value is -1.10. The second-order valence-electron chi connectivity index (χ2n) is 4.64. The quantitative estimate of drug-likeness (QED) is 0.643. The number of aliphatic hydroxyl groups is 1. The predicted octanol–water partition coefficient (Wildman–Crippen LogP) is 0.968. The van der Waals surface area contributed by atoms with Gasteiger partial charge in [-0.1, -0.05) is 18.2 Å². The molecule has 0 amide bonds. The Kier molecular flexibility index (Phi) is 7.41. The van der Waals surface area contributed by atoms with E-state index >= 15 is 0 Å². The summed E-state index contributed by atoms with van der Waals surface area (Å²) >= 11 is 0. The van der Waals surface area contributed by atoms with Gasteiger partial charge in [0, 0.05) is 13.1 Å². The van der Waals surface area contributed by atoms with E-state index in [1.54, 1.807) is 0 Å². The molecule has 1 atom stereocenters. The molecule has 0 aliphatic heterocycles. The summed E-state index contributed by atoms with van der Waals surface area (Å²) in [6.45, 7) is 2.87. The minimum absolute atomic E-state index is 0.310. The number of likely N-dealkylation sites (N-methyl/N-ethyl adjacent to an activating group) is 1. The lowest BCUT2D eigenvalue weighted by molar-refractivity contribution is 0.134. The number of nitrogens with one attached hydrogen (secondary N) is 1. The molecule has 4 nitrogen and oxygen atoms in total. The number of rotatable bonds is 9. The Labute approximate surface area is 110 Å². The lowest BCUT2D eigenvalue weighted by Crippen LogP contribution is -2.35. The molecule has 1 aromatic carbocycles. The van der Waals surface area contributed by atoms with Gasteiger partial charge in [0.15, 0.2) is 0 Å². The van der Waals surface area contributed by atoms with E-state index in [1.165, 1.54) is 0 Å². The van der Waals surface area contributed by atoms with Gasteiger partial charge < -0.3 is 20.1 Å². The molecule has 1 unspecified atom stereocenters. The first-order chi connectivity index (χ1) is 8.68. The molecule has 0 heterocycles. The first-order valence-electron chi connectivity index (χ1n) is 6.40. The Morgan fingerprint density at radius 2 is 2.00 bits per heavy atom. The Balaban J connectivity index is 1.96. The zero-order chi connectivity index (χ0) is 13.2. The molecule has 0 saturated heterocycles. The number of para-hydroxylation sites is 1. The van der Waals surface area contributed by atoms with Gasteiger partial charge in [-0.05, 0) is 39.2 Å². The monoisotopic (exact) mass is 252 g/mol. The van der Waals surface area contributed by atoms with Crippen molar-refractivity contribution in [1.82, 2.24) is 10.2 Å². The molecule has 0 spiro atoms. The number of hydrogen-bond acceptors (Lipinski definition) is 4. The van der Waals surface area contributed by atoms with E-state index in [0.717, 1.165) is 18.7 Å². The Bertz CT molecular complexity index is 304. The molecule has 0 aliphatic rings. The minimum Gasteiger partial charge on any atom is -0.494 e. The van der Waals surface area contributed by atoms with E-state index in [0.29, 0.717) is 19.7 Å². The summed E-state index contributed by atoms with van der Waals surface area (Å²) in [6, 6.07) is 9.81. The average Bonchev–Trinajstić information content (AvgIpc) is 2.34. The van der Waals surface area contributed by atoms with E-state index in [4.69, 9.17) is 4.74 Å². The number of nitrogens with zero attached hydrogens (tertiary/aromatic N) is 1. The van der Waals surface area contributed by atoms with Crippen LogP contribution in [0.15, 0.2) is 30.3 Å². The first kappa shape index (κ1) is 15.0. The normalized spacial score (nSPS) is 12.7. The standard InChI is InChI=1S/C14H24N2O2/c1-16(2)12-13(17)11-15-9-6-10-18-14-7-4-3-5-8-14/h3-5,7-8,13,15,17H,6,9-12H2,1-2H3. The summed E-state index contributed by atoms with van der Waals surface area (Å²) < 4.78 is 5.57. The molecule has 1 aromatic rings. The van der Waals surface area contributed by atoms with E-state index in [2.05, 4.69) is 5.32 Å². The van der Waals surface area contributed by atoms with Crippen LogP contribution in [-0.4, -0.2) is 56.4 Å². The van der Waals surface area contributed by atoms with E-state index < -0.39 is 0 Å². The van der Waals surface area contributed by atoms with Crippen molar-refractivity contribution in [1.29, 1.82) is 0 Å². The molecule has 0 fully saturated rings. The van der Waals surface area contributed by atoms with Crippen molar-refractivity contribution in [3.8, 4) is 5.75 Å². The summed E-state index contributed by atoms with van der Waals surface area (Å²) in [7, 11) is 3.91. The molecule has 0 saturated carbocycles. The lowest BCUT2D eigenvalue weighted by Gasteiger charge is -2.16. The van der Waals surface area contributed by atoms with E-state index in [9.17, 15) is 5.11 Å². The van der Waals surface area contributed by atoms with Crippen LogP contribution in [0.1, 0.15) is 6.42 Å². The molecular formula is C14H24N2O2. The predicted molar refractivity (Wildman–Crippen MR) is 74.0 cm³/mol. The van der Waals surface area contributed by atoms with Crippen LogP contribution in [0.25, 0.3) is 0 Å². The van der Waals surface area contributed by atoms with Crippen LogP contribution in [0, 0.1) is 0 Å². The van der Waals surface area contributed by atoms with Gasteiger partial charge in [0.05, 0.1) is 12.7 Å². The molecule has 102 valence electrons. The summed E-state index contributed by atoms with van der Waals surface area (Å²) in [4.78, 5) is 1.98. The third-order valence-electron chi connectivity index (χ3n) is 2.47. The van der Waals surface area contributed by atoms with Gasteiger partial charge in [-0.3, -0.25) is 0 Å². The third-order valence-corrected chi connectivity index (χ3v) is 2.47. The molecule has 1 rings (SSSR count). The topological polar surface area (TPSA) is 44.7 Å². The van der Waals surface area contributed by atoms with Crippen molar-refractivity contribution in [2.45, 2.75) is 12.5 Å². The SMILES string of the molecule is CN(C)CC(O)CNCCCOc1ccccc1. The highest BCUT2D eigenvalue weighted by atomic mass is 16.5. The Morgan fingerprint density at radius 3 is 2.67 bits per heavy atom. The zero-order valence-corrected chi connectivity index (χ0v) is 11.3. The number of benzene rings is 1. The fourth-order valence-corrected chi connectivity index (χ4v) is 1.66. The molecule has 0 radical (unpaired) electrons. The molecule has 4 heteroatoms. The van der Waals surface area contributed by atoms with Crippen molar-refractivity contribution >= 4 is 0 Å². The van der Waals surface area contributed by atoms with Gasteiger partial charge in [-0.25, -0.2) is 0 Å². The van der Waals surface area contributed by atoms with Gasteiger partial charge in [0.25, 0.3) is 0 Å². The van der Waals surface area contributed by atoms with E-state index in [1.807, 2.05) is 49.3 Å². The summed E-state index contributed by atoms with van der Waals surface area (Å²) in [5, 5.41) is 12.8.